The summed E-state index contributed by atoms with van der Waals surface area (Å²) in [5.41, 5.74) is 1.31. The fourth-order valence-corrected chi connectivity index (χ4v) is 4.25. The molecule has 27 heavy (non-hydrogen) atoms. The zero-order valence-electron chi connectivity index (χ0n) is 16.2. The summed E-state index contributed by atoms with van der Waals surface area (Å²) in [6.45, 7) is 8.38. The third-order valence-corrected chi connectivity index (χ3v) is 6.52. The minimum atomic E-state index is -3.57. The van der Waals surface area contributed by atoms with Gasteiger partial charge in [-0.15, -0.1) is 0 Å². The number of aryl methyl sites for hydroxylation is 1. The molecule has 2 aromatic rings. The summed E-state index contributed by atoms with van der Waals surface area (Å²) < 4.78 is 32.1. The van der Waals surface area contributed by atoms with Crippen LogP contribution in [-0.4, -0.2) is 38.3 Å². The van der Waals surface area contributed by atoms with E-state index < -0.39 is 10.0 Å². The zero-order valence-corrected chi connectivity index (χ0v) is 17.0. The highest BCUT2D eigenvalue weighted by molar-refractivity contribution is 7.89. The van der Waals surface area contributed by atoms with E-state index in [4.69, 9.17) is 4.42 Å². The molecule has 0 unspecified atom stereocenters. The zero-order chi connectivity index (χ0) is 20.0. The molecule has 1 aromatic heterocycles. The lowest BCUT2D eigenvalue weighted by Gasteiger charge is -2.19. The summed E-state index contributed by atoms with van der Waals surface area (Å²) in [4.78, 5) is 12.5. The van der Waals surface area contributed by atoms with Gasteiger partial charge in [0.1, 0.15) is 6.04 Å². The fourth-order valence-electron chi connectivity index (χ4n) is 2.76. The molecule has 1 atom stereocenters. The summed E-state index contributed by atoms with van der Waals surface area (Å²) in [6, 6.07) is 8.50. The number of carbonyl (C=O) groups is 1. The number of nitrogens with one attached hydrogen (secondary N) is 1. The molecule has 1 heterocycles. The van der Waals surface area contributed by atoms with E-state index in [1.54, 1.807) is 32.2 Å². The first kappa shape index (κ1) is 21.1. The van der Waals surface area contributed by atoms with E-state index in [2.05, 4.69) is 5.32 Å². The molecule has 0 radical (unpaired) electrons. The molecule has 1 aromatic carbocycles. The Morgan fingerprint density at radius 2 is 1.96 bits per heavy atom. The second-order valence-electron chi connectivity index (χ2n) is 6.36. The number of carbonyl (C=O) groups excluding carboxylic acids is 1. The van der Waals surface area contributed by atoms with Crippen molar-refractivity contribution in [3.8, 4) is 0 Å². The Hall–Kier alpha value is -2.16. The average Bonchev–Trinajstić information content (AvgIpc) is 3.17. The minimum absolute atomic E-state index is 0.0150. The topological polar surface area (TPSA) is 96.2 Å². The second-order valence-corrected chi connectivity index (χ2v) is 8.30. The van der Waals surface area contributed by atoms with Gasteiger partial charge in [-0.2, -0.15) is 4.31 Å². The molecule has 0 saturated heterocycles. The SMILES string of the molecule is CCN(CC)S(=O)(=O)c1ccc(C)c(NC(=O)C[NH2+][C@H](C)c2ccco2)c1. The standard InChI is InChI=1S/C19H27N3O4S/c1-5-22(6-2)27(24,25)16-10-9-14(3)17(12-16)21-19(23)13-20-15(4)18-8-7-11-26-18/h7-12,15,20H,5-6,13H2,1-4H3,(H,21,23)/p+1/t15-/m1/s1. The number of nitrogens with zero attached hydrogens (tertiary/aromatic N) is 1. The molecule has 0 spiro atoms. The number of quaternary nitrogens is 1. The number of sulfonamides is 1. The van der Waals surface area contributed by atoms with Crippen molar-refractivity contribution >= 4 is 21.6 Å². The number of hydrogen-bond donors (Lipinski definition) is 2. The van der Waals surface area contributed by atoms with Crippen molar-refractivity contribution < 1.29 is 22.9 Å². The molecule has 7 nitrogen and oxygen atoms in total. The molecule has 3 N–H and O–H groups in total. The average molecular weight is 395 g/mol. The van der Waals surface area contributed by atoms with E-state index in [-0.39, 0.29) is 23.4 Å². The Morgan fingerprint density at radius 1 is 1.26 bits per heavy atom. The molecule has 0 bridgehead atoms. The van der Waals surface area contributed by atoms with E-state index in [9.17, 15) is 13.2 Å². The first-order valence-electron chi connectivity index (χ1n) is 9.07. The first-order valence-corrected chi connectivity index (χ1v) is 10.5. The quantitative estimate of drug-likeness (QED) is 0.679. The normalized spacial score (nSPS) is 12.9. The number of furan rings is 1. The Balaban J connectivity index is 2.08. The van der Waals surface area contributed by atoms with Crippen LogP contribution in [0.1, 0.15) is 38.1 Å². The summed E-state index contributed by atoms with van der Waals surface area (Å²) in [5.74, 6) is 0.597. The first-order chi connectivity index (χ1) is 12.8. The summed E-state index contributed by atoms with van der Waals surface area (Å²) in [7, 11) is -3.57. The van der Waals surface area contributed by atoms with E-state index in [0.29, 0.717) is 18.8 Å². The Kier molecular flexibility index (Phi) is 7.18. The molecule has 8 heteroatoms. The van der Waals surface area contributed by atoms with Crippen molar-refractivity contribution in [2.45, 2.75) is 38.6 Å². The number of benzene rings is 1. The van der Waals surface area contributed by atoms with Crippen LogP contribution in [0, 0.1) is 6.92 Å². The lowest BCUT2D eigenvalue weighted by molar-refractivity contribution is -0.684. The smallest absolute Gasteiger partial charge is 0.279 e. The molecule has 0 saturated carbocycles. The van der Waals surface area contributed by atoms with Crippen LogP contribution in [0.15, 0.2) is 45.9 Å². The number of nitrogens with two attached hydrogens (primary N) is 1. The molecular formula is C19H28N3O4S+. The van der Waals surface area contributed by atoms with Gasteiger partial charge in [0.2, 0.25) is 10.0 Å². The van der Waals surface area contributed by atoms with Gasteiger partial charge in [-0.3, -0.25) is 4.79 Å². The van der Waals surface area contributed by atoms with Gasteiger partial charge in [0.25, 0.3) is 5.91 Å². The van der Waals surface area contributed by atoms with Gasteiger partial charge in [-0.25, -0.2) is 8.42 Å². The van der Waals surface area contributed by atoms with Crippen molar-refractivity contribution in [1.82, 2.24) is 4.31 Å². The number of anilines is 1. The predicted octanol–water partition coefficient (Wildman–Crippen LogP) is 1.88. The summed E-state index contributed by atoms with van der Waals surface area (Å²) in [5, 5.41) is 4.68. The van der Waals surface area contributed by atoms with Gasteiger partial charge in [0, 0.05) is 18.8 Å². The van der Waals surface area contributed by atoms with Crippen LogP contribution in [0.4, 0.5) is 5.69 Å². The largest absolute Gasteiger partial charge is 0.463 e. The maximum Gasteiger partial charge on any atom is 0.279 e. The van der Waals surface area contributed by atoms with Crippen molar-refractivity contribution in [3.05, 3.63) is 47.9 Å². The number of rotatable bonds is 9. The lowest BCUT2D eigenvalue weighted by Crippen LogP contribution is -2.86. The van der Waals surface area contributed by atoms with Crippen LogP contribution in [0.25, 0.3) is 0 Å². The number of hydrogen-bond acceptors (Lipinski definition) is 4. The maximum atomic E-state index is 12.7. The van der Waals surface area contributed by atoms with Crippen molar-refractivity contribution in [2.24, 2.45) is 0 Å². The summed E-state index contributed by atoms with van der Waals surface area (Å²) >= 11 is 0. The van der Waals surface area contributed by atoms with E-state index in [0.717, 1.165) is 11.3 Å². The van der Waals surface area contributed by atoms with Crippen LogP contribution in [-0.2, 0) is 14.8 Å². The van der Waals surface area contributed by atoms with Gasteiger partial charge in [-0.1, -0.05) is 19.9 Å². The molecule has 148 valence electrons. The summed E-state index contributed by atoms with van der Waals surface area (Å²) in [6.07, 6.45) is 1.60. The highest BCUT2D eigenvalue weighted by Gasteiger charge is 2.22. The monoisotopic (exact) mass is 394 g/mol. The number of amides is 1. The fraction of sp³-hybridized carbons (Fsp3) is 0.421. The third kappa shape index (κ3) is 5.18. The molecular weight excluding hydrogens is 366 g/mol. The van der Waals surface area contributed by atoms with E-state index >= 15 is 0 Å². The Bertz CT molecular complexity index is 859. The molecule has 0 aliphatic rings. The van der Waals surface area contributed by atoms with Crippen LogP contribution in [0.3, 0.4) is 0 Å². The maximum absolute atomic E-state index is 12.7. The van der Waals surface area contributed by atoms with Gasteiger partial charge in [0.05, 0.1) is 11.2 Å². The van der Waals surface area contributed by atoms with E-state index in [1.807, 2.05) is 31.3 Å². The van der Waals surface area contributed by atoms with Crippen LogP contribution in [0.5, 0.6) is 0 Å². The Morgan fingerprint density at radius 3 is 2.56 bits per heavy atom. The molecule has 0 aliphatic carbocycles. The molecule has 0 fully saturated rings. The van der Waals surface area contributed by atoms with Crippen molar-refractivity contribution in [3.63, 3.8) is 0 Å². The van der Waals surface area contributed by atoms with Crippen molar-refractivity contribution in [2.75, 3.05) is 25.0 Å². The predicted molar refractivity (Wildman–Crippen MR) is 104 cm³/mol. The second kappa shape index (κ2) is 9.16. The van der Waals surface area contributed by atoms with Crippen LogP contribution in [0.2, 0.25) is 0 Å². The van der Waals surface area contributed by atoms with Gasteiger partial charge in [-0.05, 0) is 43.7 Å². The van der Waals surface area contributed by atoms with Crippen LogP contribution >= 0.6 is 0 Å². The molecule has 0 aliphatic heterocycles. The highest BCUT2D eigenvalue weighted by atomic mass is 32.2. The third-order valence-electron chi connectivity index (χ3n) is 4.48. The van der Waals surface area contributed by atoms with E-state index in [1.165, 1.54) is 10.4 Å². The lowest BCUT2D eigenvalue weighted by atomic mass is 10.2. The van der Waals surface area contributed by atoms with Gasteiger partial charge in [0.15, 0.2) is 12.3 Å². The molecule has 2 rings (SSSR count). The van der Waals surface area contributed by atoms with Crippen molar-refractivity contribution in [1.29, 1.82) is 0 Å². The minimum Gasteiger partial charge on any atom is -0.463 e. The van der Waals surface area contributed by atoms with Gasteiger partial charge >= 0.3 is 0 Å². The van der Waals surface area contributed by atoms with Crippen LogP contribution < -0.4 is 10.6 Å². The van der Waals surface area contributed by atoms with Gasteiger partial charge < -0.3 is 15.1 Å². The highest BCUT2D eigenvalue weighted by Crippen LogP contribution is 2.23. The Labute approximate surface area is 160 Å². The molecule has 1 amide bonds.